The Hall–Kier alpha value is -2.17. The third kappa shape index (κ3) is 1.61. The van der Waals surface area contributed by atoms with E-state index in [1.807, 2.05) is 12.1 Å². The molecule has 1 aromatic carbocycles. The first-order valence-corrected chi connectivity index (χ1v) is 4.00. The molecule has 0 bridgehead atoms. The van der Waals surface area contributed by atoms with Crippen LogP contribution in [0.5, 0.6) is 0 Å². The summed E-state index contributed by atoms with van der Waals surface area (Å²) in [7, 11) is 0. The third-order valence-electron chi connectivity index (χ3n) is 1.83. The van der Waals surface area contributed by atoms with Crippen molar-refractivity contribution in [2.75, 3.05) is 0 Å². The molecule has 2 rings (SSSR count). The molecule has 0 aliphatic heterocycles. The molecule has 0 aliphatic rings. The molecule has 1 heterocycles. The highest BCUT2D eigenvalue weighted by Gasteiger charge is 1.96. The lowest BCUT2D eigenvalue weighted by Gasteiger charge is -1.91. The van der Waals surface area contributed by atoms with Gasteiger partial charge in [-0.25, -0.2) is 4.98 Å². The van der Waals surface area contributed by atoms with E-state index in [1.165, 1.54) is 6.08 Å². The van der Waals surface area contributed by atoms with E-state index in [0.717, 1.165) is 22.8 Å². The lowest BCUT2D eigenvalue weighted by molar-refractivity contribution is -0.400. The molecule has 14 heavy (non-hydrogen) atoms. The van der Waals surface area contributed by atoms with E-state index in [-0.39, 0.29) is 0 Å². The van der Waals surface area contributed by atoms with Gasteiger partial charge in [-0.1, -0.05) is 6.07 Å². The summed E-state index contributed by atoms with van der Waals surface area (Å²) in [6.45, 7) is 0. The van der Waals surface area contributed by atoms with E-state index >= 15 is 0 Å². The van der Waals surface area contributed by atoms with Crippen molar-refractivity contribution >= 4 is 17.1 Å². The molecule has 0 fully saturated rings. The van der Waals surface area contributed by atoms with Crippen LogP contribution in [0.3, 0.4) is 0 Å². The van der Waals surface area contributed by atoms with Crippen molar-refractivity contribution in [2.24, 2.45) is 0 Å². The number of hydrogen-bond acceptors (Lipinski definition) is 3. The van der Waals surface area contributed by atoms with E-state index < -0.39 is 4.92 Å². The first-order chi connectivity index (χ1) is 6.75. The molecule has 0 saturated carbocycles. The Balaban J connectivity index is 2.39. The van der Waals surface area contributed by atoms with Crippen LogP contribution in [0.15, 0.2) is 30.7 Å². The summed E-state index contributed by atoms with van der Waals surface area (Å²) in [6, 6.07) is 5.40. The zero-order valence-corrected chi connectivity index (χ0v) is 7.18. The van der Waals surface area contributed by atoms with Crippen LogP contribution in [0.25, 0.3) is 17.1 Å². The fourth-order valence-corrected chi connectivity index (χ4v) is 1.20. The molecule has 0 aliphatic carbocycles. The highest BCUT2D eigenvalue weighted by Crippen LogP contribution is 2.12. The maximum atomic E-state index is 10.1. The number of H-pyrrole nitrogens is 1. The summed E-state index contributed by atoms with van der Waals surface area (Å²) in [5.41, 5.74) is 2.50. The number of imidazole rings is 1. The van der Waals surface area contributed by atoms with Gasteiger partial charge in [0.05, 0.1) is 22.3 Å². The highest BCUT2D eigenvalue weighted by atomic mass is 16.6. The van der Waals surface area contributed by atoms with Gasteiger partial charge < -0.3 is 4.98 Å². The molecule has 5 heteroatoms. The standard InChI is InChI=1S/C9H7N3O2/c13-12(14)4-3-7-1-2-8-9(5-7)11-6-10-8/h1-6H,(H,10,11)/b4-3+. The SMILES string of the molecule is O=[N+]([O-])/C=C/c1ccc2nc[nH]c2c1. The molecule has 2 aromatic rings. The van der Waals surface area contributed by atoms with Gasteiger partial charge in [-0.3, -0.25) is 10.1 Å². The molecule has 70 valence electrons. The van der Waals surface area contributed by atoms with Gasteiger partial charge in [-0.15, -0.1) is 0 Å². The van der Waals surface area contributed by atoms with Crippen molar-refractivity contribution in [2.45, 2.75) is 0 Å². The van der Waals surface area contributed by atoms with Gasteiger partial charge in [0.2, 0.25) is 6.20 Å². The lowest BCUT2D eigenvalue weighted by Crippen LogP contribution is -1.82. The molecule has 5 nitrogen and oxygen atoms in total. The Morgan fingerprint density at radius 3 is 3.14 bits per heavy atom. The molecule has 0 saturated heterocycles. The van der Waals surface area contributed by atoms with Gasteiger partial charge >= 0.3 is 0 Å². The number of aromatic amines is 1. The highest BCUT2D eigenvalue weighted by molar-refractivity contribution is 5.77. The molecule has 1 N–H and O–H groups in total. The summed E-state index contributed by atoms with van der Waals surface area (Å²) in [6.07, 6.45) is 3.95. The Morgan fingerprint density at radius 2 is 2.36 bits per heavy atom. The molecule has 1 aromatic heterocycles. The van der Waals surface area contributed by atoms with Gasteiger partial charge in [0.1, 0.15) is 0 Å². The first-order valence-electron chi connectivity index (χ1n) is 4.00. The van der Waals surface area contributed by atoms with Crippen LogP contribution in [0.1, 0.15) is 5.56 Å². The average Bonchev–Trinajstić information content (AvgIpc) is 2.61. The number of rotatable bonds is 2. The fourth-order valence-electron chi connectivity index (χ4n) is 1.20. The van der Waals surface area contributed by atoms with Gasteiger partial charge in [0.25, 0.3) is 0 Å². The van der Waals surface area contributed by atoms with Crippen LogP contribution in [0.2, 0.25) is 0 Å². The average molecular weight is 189 g/mol. The van der Waals surface area contributed by atoms with Gasteiger partial charge in [0.15, 0.2) is 0 Å². The summed E-state index contributed by atoms with van der Waals surface area (Å²) >= 11 is 0. The predicted octanol–water partition coefficient (Wildman–Crippen LogP) is 1.81. The largest absolute Gasteiger partial charge is 0.345 e. The quantitative estimate of drug-likeness (QED) is 0.578. The van der Waals surface area contributed by atoms with Crippen molar-refractivity contribution in [3.63, 3.8) is 0 Å². The normalized spacial score (nSPS) is 11.1. The smallest absolute Gasteiger partial charge is 0.235 e. The van der Waals surface area contributed by atoms with Crippen LogP contribution >= 0.6 is 0 Å². The van der Waals surface area contributed by atoms with Crippen LogP contribution in [0.4, 0.5) is 0 Å². The van der Waals surface area contributed by atoms with Gasteiger partial charge in [-0.2, -0.15) is 0 Å². The molecule has 0 unspecified atom stereocenters. The lowest BCUT2D eigenvalue weighted by atomic mass is 10.2. The molecular weight excluding hydrogens is 182 g/mol. The second-order valence-electron chi connectivity index (χ2n) is 2.78. The van der Waals surface area contributed by atoms with E-state index in [9.17, 15) is 10.1 Å². The molecular formula is C9H7N3O2. The Kier molecular flexibility index (Phi) is 1.98. The van der Waals surface area contributed by atoms with E-state index in [1.54, 1.807) is 12.4 Å². The molecule has 0 atom stereocenters. The van der Waals surface area contributed by atoms with Crippen LogP contribution in [0, 0.1) is 10.1 Å². The first kappa shape index (κ1) is 8.43. The Bertz CT molecular complexity index is 501. The fraction of sp³-hybridized carbons (Fsp3) is 0. The number of benzene rings is 1. The number of hydrogen-bond donors (Lipinski definition) is 1. The van der Waals surface area contributed by atoms with Crippen molar-refractivity contribution < 1.29 is 4.92 Å². The predicted molar refractivity (Wildman–Crippen MR) is 52.1 cm³/mol. The van der Waals surface area contributed by atoms with Crippen molar-refractivity contribution in [1.29, 1.82) is 0 Å². The zero-order valence-electron chi connectivity index (χ0n) is 7.18. The zero-order chi connectivity index (χ0) is 9.97. The van der Waals surface area contributed by atoms with E-state index in [4.69, 9.17) is 0 Å². The van der Waals surface area contributed by atoms with Crippen LogP contribution < -0.4 is 0 Å². The molecule has 0 amide bonds. The number of nitrogens with one attached hydrogen (secondary N) is 1. The summed E-state index contributed by atoms with van der Waals surface area (Å²) in [5, 5.41) is 10.1. The molecule has 0 radical (unpaired) electrons. The van der Waals surface area contributed by atoms with E-state index in [0.29, 0.717) is 0 Å². The van der Waals surface area contributed by atoms with Crippen LogP contribution in [-0.4, -0.2) is 14.9 Å². The number of nitro groups is 1. The Labute approximate surface area is 79.2 Å². The summed E-state index contributed by atoms with van der Waals surface area (Å²) < 4.78 is 0. The summed E-state index contributed by atoms with van der Waals surface area (Å²) in [4.78, 5) is 16.6. The van der Waals surface area contributed by atoms with Crippen molar-refractivity contribution in [3.05, 3.63) is 46.4 Å². The minimum atomic E-state index is -0.489. The maximum absolute atomic E-state index is 10.1. The molecule has 0 spiro atoms. The monoisotopic (exact) mass is 189 g/mol. The summed E-state index contributed by atoms with van der Waals surface area (Å²) in [5.74, 6) is 0. The van der Waals surface area contributed by atoms with Crippen LogP contribution in [-0.2, 0) is 0 Å². The van der Waals surface area contributed by atoms with Gasteiger partial charge in [0, 0.05) is 6.08 Å². The number of nitrogens with zero attached hydrogens (tertiary/aromatic N) is 2. The second kappa shape index (κ2) is 3.29. The topological polar surface area (TPSA) is 71.8 Å². The van der Waals surface area contributed by atoms with Crippen molar-refractivity contribution in [3.8, 4) is 0 Å². The number of aromatic nitrogens is 2. The maximum Gasteiger partial charge on any atom is 0.235 e. The van der Waals surface area contributed by atoms with Gasteiger partial charge in [-0.05, 0) is 17.7 Å². The number of fused-ring (bicyclic) bond motifs is 1. The minimum Gasteiger partial charge on any atom is -0.345 e. The minimum absolute atomic E-state index is 0.489. The van der Waals surface area contributed by atoms with E-state index in [2.05, 4.69) is 9.97 Å². The second-order valence-corrected chi connectivity index (χ2v) is 2.78. The third-order valence-corrected chi connectivity index (χ3v) is 1.83. The Morgan fingerprint density at radius 1 is 1.50 bits per heavy atom. The van der Waals surface area contributed by atoms with Crippen molar-refractivity contribution in [1.82, 2.24) is 9.97 Å².